The Bertz CT molecular complexity index is 814. The molecule has 22 heavy (non-hydrogen) atoms. The Morgan fingerprint density at radius 2 is 1.91 bits per heavy atom. The van der Waals surface area contributed by atoms with Crippen LogP contribution in [-0.2, 0) is 6.54 Å². The topological polar surface area (TPSA) is 117 Å². The summed E-state index contributed by atoms with van der Waals surface area (Å²) >= 11 is 0. The molecule has 0 aliphatic heterocycles. The predicted octanol–water partition coefficient (Wildman–Crippen LogP) is 0.0178. The first-order valence-electron chi connectivity index (χ1n) is 6.60. The van der Waals surface area contributed by atoms with Crippen molar-refractivity contribution in [2.24, 2.45) is 5.73 Å². The molecule has 0 bridgehead atoms. The van der Waals surface area contributed by atoms with Gasteiger partial charge in [0.2, 0.25) is 0 Å². The molecule has 0 unspecified atom stereocenters. The zero-order valence-electron chi connectivity index (χ0n) is 12.1. The Morgan fingerprint density at radius 3 is 2.55 bits per heavy atom. The molecule has 2 N–H and O–H groups in total. The fraction of sp³-hybridized carbons (Fsp3) is 0.231. The van der Waals surface area contributed by atoms with Crippen molar-refractivity contribution in [3.05, 3.63) is 47.0 Å². The number of hydrogen-bond donors (Lipinski definition) is 1. The van der Waals surface area contributed by atoms with Gasteiger partial charge in [0.15, 0.2) is 11.5 Å². The first kappa shape index (κ1) is 13.9. The molecule has 3 rings (SSSR count). The molecule has 0 aliphatic carbocycles. The molecule has 9 heteroatoms. The van der Waals surface area contributed by atoms with Gasteiger partial charge in [-0.1, -0.05) is 23.4 Å². The van der Waals surface area contributed by atoms with E-state index in [2.05, 4.69) is 25.8 Å². The third-order valence-electron chi connectivity index (χ3n) is 3.28. The van der Waals surface area contributed by atoms with Gasteiger partial charge < -0.3 is 5.73 Å². The summed E-state index contributed by atoms with van der Waals surface area (Å²) in [5, 5.41) is 19.3. The van der Waals surface area contributed by atoms with Gasteiger partial charge >= 0.3 is 0 Å². The van der Waals surface area contributed by atoms with Crippen LogP contribution >= 0.6 is 0 Å². The Hall–Kier alpha value is -3.10. The molecule has 0 atom stereocenters. The number of para-hydroxylation sites is 1. The highest BCUT2D eigenvalue weighted by Gasteiger charge is 2.14. The van der Waals surface area contributed by atoms with Crippen LogP contribution in [0.15, 0.2) is 24.4 Å². The Kier molecular flexibility index (Phi) is 3.37. The van der Waals surface area contributed by atoms with Crippen molar-refractivity contribution >= 4 is 5.91 Å². The lowest BCUT2D eigenvalue weighted by atomic mass is 10.1. The van der Waals surface area contributed by atoms with Crippen molar-refractivity contribution in [3.8, 4) is 5.69 Å². The zero-order chi connectivity index (χ0) is 15.7. The second-order valence-electron chi connectivity index (χ2n) is 4.91. The molecular formula is C13H14N8O. The summed E-state index contributed by atoms with van der Waals surface area (Å²) in [6, 6.07) is 5.97. The van der Waals surface area contributed by atoms with Gasteiger partial charge in [-0.15, -0.1) is 10.2 Å². The molecule has 0 fully saturated rings. The molecule has 3 aromatic rings. The highest BCUT2D eigenvalue weighted by molar-refractivity contribution is 5.90. The number of nitrogens with zero attached hydrogens (tertiary/aromatic N) is 7. The highest BCUT2D eigenvalue weighted by Crippen LogP contribution is 2.18. The average molecular weight is 298 g/mol. The number of aromatic nitrogens is 7. The average Bonchev–Trinajstić information content (AvgIpc) is 3.09. The molecule has 112 valence electrons. The molecule has 1 amide bonds. The number of aryl methyl sites for hydroxylation is 2. The number of tetrazole rings is 1. The van der Waals surface area contributed by atoms with Crippen LogP contribution < -0.4 is 5.73 Å². The van der Waals surface area contributed by atoms with Gasteiger partial charge in [-0.25, -0.2) is 4.68 Å². The van der Waals surface area contributed by atoms with Crippen LogP contribution in [0.4, 0.5) is 0 Å². The Morgan fingerprint density at radius 1 is 1.18 bits per heavy atom. The fourth-order valence-electron chi connectivity index (χ4n) is 2.25. The van der Waals surface area contributed by atoms with E-state index in [0.29, 0.717) is 5.82 Å². The predicted molar refractivity (Wildman–Crippen MR) is 76.3 cm³/mol. The van der Waals surface area contributed by atoms with E-state index in [1.165, 1.54) is 10.9 Å². The van der Waals surface area contributed by atoms with E-state index in [-0.39, 0.29) is 12.2 Å². The van der Waals surface area contributed by atoms with E-state index in [1.807, 2.05) is 32.0 Å². The van der Waals surface area contributed by atoms with Crippen LogP contribution in [0.3, 0.4) is 0 Å². The third-order valence-corrected chi connectivity index (χ3v) is 3.28. The largest absolute Gasteiger partial charge is 0.364 e. The van der Waals surface area contributed by atoms with Crippen LogP contribution in [0.1, 0.15) is 27.4 Å². The summed E-state index contributed by atoms with van der Waals surface area (Å²) < 4.78 is 3.13. The van der Waals surface area contributed by atoms with E-state index in [4.69, 9.17) is 5.73 Å². The molecule has 9 nitrogen and oxygen atoms in total. The summed E-state index contributed by atoms with van der Waals surface area (Å²) in [7, 11) is 0. The lowest BCUT2D eigenvalue weighted by molar-refractivity contribution is 0.0995. The third kappa shape index (κ3) is 2.43. The maximum Gasteiger partial charge on any atom is 0.270 e. The lowest BCUT2D eigenvalue weighted by Crippen LogP contribution is -2.12. The SMILES string of the molecule is Cc1cccc(C)c1-n1nnnc1Cn1cc(C(N)=O)nn1. The van der Waals surface area contributed by atoms with Crippen molar-refractivity contribution in [2.75, 3.05) is 0 Å². The molecule has 1 aromatic carbocycles. The first-order chi connectivity index (χ1) is 10.6. The normalized spacial score (nSPS) is 10.8. The van der Waals surface area contributed by atoms with E-state index in [1.54, 1.807) is 4.68 Å². The van der Waals surface area contributed by atoms with Crippen molar-refractivity contribution in [1.29, 1.82) is 0 Å². The molecule has 0 radical (unpaired) electrons. The first-order valence-corrected chi connectivity index (χ1v) is 6.60. The van der Waals surface area contributed by atoms with E-state index < -0.39 is 5.91 Å². The molecular weight excluding hydrogens is 284 g/mol. The fourth-order valence-corrected chi connectivity index (χ4v) is 2.25. The van der Waals surface area contributed by atoms with Crippen LogP contribution in [0.5, 0.6) is 0 Å². The number of carbonyl (C=O) groups excluding carboxylic acids is 1. The van der Waals surface area contributed by atoms with Gasteiger partial charge in [0, 0.05) is 0 Å². The molecule has 2 heterocycles. The maximum absolute atomic E-state index is 11.1. The smallest absolute Gasteiger partial charge is 0.270 e. The number of hydrogen-bond acceptors (Lipinski definition) is 6. The second-order valence-corrected chi connectivity index (χ2v) is 4.91. The van der Waals surface area contributed by atoms with Gasteiger partial charge in [0.25, 0.3) is 5.91 Å². The van der Waals surface area contributed by atoms with E-state index in [0.717, 1.165) is 16.8 Å². The zero-order valence-corrected chi connectivity index (χ0v) is 12.1. The Balaban J connectivity index is 1.97. The number of carbonyl (C=O) groups is 1. The number of benzene rings is 1. The van der Waals surface area contributed by atoms with Crippen LogP contribution in [-0.4, -0.2) is 41.1 Å². The van der Waals surface area contributed by atoms with Crippen molar-refractivity contribution in [1.82, 2.24) is 35.2 Å². The second kappa shape index (κ2) is 5.35. The van der Waals surface area contributed by atoms with Gasteiger partial charge in [-0.3, -0.25) is 4.79 Å². The molecule has 2 aromatic heterocycles. The minimum Gasteiger partial charge on any atom is -0.364 e. The standard InChI is InChI=1S/C13H14N8O/c1-8-4-3-5-9(2)12(8)21-11(16-17-19-21)7-20-6-10(13(14)22)15-18-20/h3-6H,7H2,1-2H3,(H2,14,22). The van der Waals surface area contributed by atoms with Crippen LogP contribution in [0.2, 0.25) is 0 Å². The summed E-state index contributed by atoms with van der Waals surface area (Å²) in [6.07, 6.45) is 1.46. The van der Waals surface area contributed by atoms with E-state index in [9.17, 15) is 4.79 Å². The molecule has 0 aliphatic rings. The summed E-state index contributed by atoms with van der Waals surface area (Å²) in [4.78, 5) is 11.1. The van der Waals surface area contributed by atoms with Crippen molar-refractivity contribution in [3.63, 3.8) is 0 Å². The molecule has 0 saturated heterocycles. The van der Waals surface area contributed by atoms with Crippen LogP contribution in [0, 0.1) is 13.8 Å². The van der Waals surface area contributed by atoms with Gasteiger partial charge in [0.05, 0.1) is 11.9 Å². The van der Waals surface area contributed by atoms with Crippen molar-refractivity contribution < 1.29 is 4.79 Å². The number of rotatable bonds is 4. The number of nitrogens with two attached hydrogens (primary N) is 1. The van der Waals surface area contributed by atoms with Crippen molar-refractivity contribution in [2.45, 2.75) is 20.4 Å². The van der Waals surface area contributed by atoms with E-state index >= 15 is 0 Å². The quantitative estimate of drug-likeness (QED) is 0.725. The molecule has 0 spiro atoms. The summed E-state index contributed by atoms with van der Waals surface area (Å²) in [5.41, 5.74) is 8.31. The minimum atomic E-state index is -0.624. The summed E-state index contributed by atoms with van der Waals surface area (Å²) in [6.45, 7) is 4.27. The lowest BCUT2D eigenvalue weighted by Gasteiger charge is -2.10. The highest BCUT2D eigenvalue weighted by atomic mass is 16.1. The molecule has 0 saturated carbocycles. The Labute approximate surface area is 125 Å². The number of primary amides is 1. The monoisotopic (exact) mass is 298 g/mol. The maximum atomic E-state index is 11.1. The van der Waals surface area contributed by atoms with Crippen LogP contribution in [0.25, 0.3) is 5.69 Å². The van der Waals surface area contributed by atoms with Gasteiger partial charge in [-0.2, -0.15) is 4.68 Å². The van der Waals surface area contributed by atoms with Gasteiger partial charge in [0.1, 0.15) is 6.54 Å². The number of amides is 1. The van der Waals surface area contributed by atoms with Gasteiger partial charge in [-0.05, 0) is 35.4 Å². The minimum absolute atomic E-state index is 0.103. The summed E-state index contributed by atoms with van der Waals surface area (Å²) in [5.74, 6) is -0.0427.